The number of benzene rings is 2. The van der Waals surface area contributed by atoms with E-state index in [4.69, 9.17) is 25.8 Å². The first-order valence-corrected chi connectivity index (χ1v) is 7.32. The first-order valence-electron chi connectivity index (χ1n) is 6.94. The summed E-state index contributed by atoms with van der Waals surface area (Å²) in [4.78, 5) is 12.0. The predicted molar refractivity (Wildman–Crippen MR) is 89.9 cm³/mol. The standard InChI is InChI=1S/C17H18ClNO4/c1-11-4-6-13(18)15(8-11)23-10-17(20)19-14-7-5-12(21-2)9-16(14)22-3/h4-9H,10H2,1-3H3,(H,19,20). The monoisotopic (exact) mass is 335 g/mol. The zero-order valence-electron chi connectivity index (χ0n) is 13.2. The van der Waals surface area contributed by atoms with Crippen LogP contribution in [-0.2, 0) is 4.79 Å². The predicted octanol–water partition coefficient (Wildman–Crippen LogP) is 3.68. The minimum absolute atomic E-state index is 0.154. The molecule has 0 aromatic heterocycles. The van der Waals surface area contributed by atoms with E-state index in [0.717, 1.165) is 5.56 Å². The molecular formula is C17H18ClNO4. The van der Waals surface area contributed by atoms with Crippen LogP contribution in [0.5, 0.6) is 17.2 Å². The molecule has 1 N–H and O–H groups in total. The van der Waals surface area contributed by atoms with Gasteiger partial charge in [0.15, 0.2) is 6.61 Å². The van der Waals surface area contributed by atoms with Gasteiger partial charge in [-0.15, -0.1) is 0 Å². The maximum Gasteiger partial charge on any atom is 0.262 e. The van der Waals surface area contributed by atoms with Crippen molar-refractivity contribution in [2.45, 2.75) is 6.92 Å². The van der Waals surface area contributed by atoms with Crippen molar-refractivity contribution in [2.24, 2.45) is 0 Å². The molecule has 6 heteroatoms. The number of anilines is 1. The number of halogens is 1. The smallest absolute Gasteiger partial charge is 0.262 e. The number of hydrogen-bond donors (Lipinski definition) is 1. The third-order valence-electron chi connectivity index (χ3n) is 3.13. The number of carbonyl (C=O) groups is 1. The van der Waals surface area contributed by atoms with Crippen LogP contribution < -0.4 is 19.5 Å². The molecule has 122 valence electrons. The summed E-state index contributed by atoms with van der Waals surface area (Å²) in [5, 5.41) is 3.19. The van der Waals surface area contributed by atoms with Gasteiger partial charge in [0.25, 0.3) is 5.91 Å². The second kappa shape index (κ2) is 7.74. The van der Waals surface area contributed by atoms with Gasteiger partial charge in [0.05, 0.1) is 24.9 Å². The highest BCUT2D eigenvalue weighted by Gasteiger charge is 2.10. The van der Waals surface area contributed by atoms with Crippen molar-refractivity contribution in [1.29, 1.82) is 0 Å². The fourth-order valence-electron chi connectivity index (χ4n) is 1.95. The molecule has 0 aliphatic heterocycles. The number of amides is 1. The second-order valence-electron chi connectivity index (χ2n) is 4.84. The maximum absolute atomic E-state index is 12.0. The normalized spacial score (nSPS) is 10.1. The molecule has 0 unspecified atom stereocenters. The SMILES string of the molecule is COc1ccc(NC(=O)COc2cc(C)ccc2Cl)c(OC)c1. The van der Waals surface area contributed by atoms with E-state index >= 15 is 0 Å². The number of aryl methyl sites for hydroxylation is 1. The Labute approximate surface area is 140 Å². The molecule has 0 bridgehead atoms. The molecule has 2 aromatic carbocycles. The van der Waals surface area contributed by atoms with Gasteiger partial charge in [-0.3, -0.25) is 4.79 Å². The lowest BCUT2D eigenvalue weighted by atomic mass is 10.2. The molecule has 0 spiro atoms. The average Bonchev–Trinajstić information content (AvgIpc) is 2.56. The van der Waals surface area contributed by atoms with E-state index in [0.29, 0.717) is 28.0 Å². The van der Waals surface area contributed by atoms with Crippen molar-refractivity contribution in [1.82, 2.24) is 0 Å². The number of nitrogens with one attached hydrogen (secondary N) is 1. The molecule has 0 aliphatic rings. The van der Waals surface area contributed by atoms with Gasteiger partial charge in [-0.05, 0) is 36.8 Å². The van der Waals surface area contributed by atoms with Crippen LogP contribution in [0.15, 0.2) is 36.4 Å². The van der Waals surface area contributed by atoms with Crippen molar-refractivity contribution in [3.05, 3.63) is 47.0 Å². The van der Waals surface area contributed by atoms with E-state index in [1.165, 1.54) is 7.11 Å². The zero-order valence-corrected chi connectivity index (χ0v) is 13.9. The van der Waals surface area contributed by atoms with E-state index in [1.807, 2.05) is 13.0 Å². The summed E-state index contributed by atoms with van der Waals surface area (Å²) in [5.41, 5.74) is 1.54. The van der Waals surface area contributed by atoms with Crippen molar-refractivity contribution >= 4 is 23.2 Å². The molecule has 5 nitrogen and oxygen atoms in total. The van der Waals surface area contributed by atoms with E-state index in [2.05, 4.69) is 5.32 Å². The van der Waals surface area contributed by atoms with E-state index < -0.39 is 0 Å². The Morgan fingerprint density at radius 3 is 2.57 bits per heavy atom. The molecule has 1 amide bonds. The first kappa shape index (κ1) is 17.0. The molecular weight excluding hydrogens is 318 g/mol. The molecule has 0 radical (unpaired) electrons. The fraction of sp³-hybridized carbons (Fsp3) is 0.235. The van der Waals surface area contributed by atoms with E-state index in [9.17, 15) is 4.79 Å². The Bertz CT molecular complexity index is 703. The Kier molecular flexibility index (Phi) is 5.71. The summed E-state index contributed by atoms with van der Waals surface area (Å²) in [6, 6.07) is 10.5. The Morgan fingerprint density at radius 1 is 1.09 bits per heavy atom. The van der Waals surface area contributed by atoms with Gasteiger partial charge < -0.3 is 19.5 Å². The van der Waals surface area contributed by atoms with Crippen LogP contribution in [0.1, 0.15) is 5.56 Å². The van der Waals surface area contributed by atoms with E-state index in [1.54, 1.807) is 37.4 Å². The van der Waals surface area contributed by atoms with Gasteiger partial charge in [0.2, 0.25) is 0 Å². The first-order chi connectivity index (χ1) is 11.0. The highest BCUT2D eigenvalue weighted by molar-refractivity contribution is 6.32. The van der Waals surface area contributed by atoms with Crippen LogP contribution in [0.25, 0.3) is 0 Å². The molecule has 23 heavy (non-hydrogen) atoms. The Balaban J connectivity index is 2.01. The highest BCUT2D eigenvalue weighted by Crippen LogP contribution is 2.29. The molecule has 0 aliphatic carbocycles. The number of hydrogen-bond acceptors (Lipinski definition) is 4. The lowest BCUT2D eigenvalue weighted by Crippen LogP contribution is -2.20. The molecule has 2 rings (SSSR count). The quantitative estimate of drug-likeness (QED) is 0.874. The summed E-state index contributed by atoms with van der Waals surface area (Å²) in [6.45, 7) is 1.77. The molecule has 0 saturated heterocycles. The van der Waals surface area contributed by atoms with Gasteiger partial charge in [-0.25, -0.2) is 0 Å². The topological polar surface area (TPSA) is 56.8 Å². The number of ether oxygens (including phenoxy) is 3. The van der Waals surface area contributed by atoms with Gasteiger partial charge in [-0.2, -0.15) is 0 Å². The summed E-state index contributed by atoms with van der Waals surface area (Å²) in [7, 11) is 3.08. The average molecular weight is 336 g/mol. The molecule has 2 aromatic rings. The van der Waals surface area contributed by atoms with E-state index in [-0.39, 0.29) is 12.5 Å². The van der Waals surface area contributed by atoms with Gasteiger partial charge >= 0.3 is 0 Å². The molecule has 0 saturated carbocycles. The summed E-state index contributed by atoms with van der Waals surface area (Å²) >= 11 is 6.03. The fourth-order valence-corrected chi connectivity index (χ4v) is 2.12. The Morgan fingerprint density at radius 2 is 1.87 bits per heavy atom. The number of rotatable bonds is 6. The van der Waals surface area contributed by atoms with Crippen LogP contribution in [0, 0.1) is 6.92 Å². The summed E-state index contributed by atoms with van der Waals surface area (Å²) < 4.78 is 15.8. The minimum atomic E-state index is -0.314. The van der Waals surface area contributed by atoms with Crippen LogP contribution in [-0.4, -0.2) is 26.7 Å². The number of methoxy groups -OCH3 is 2. The maximum atomic E-state index is 12.0. The molecule has 0 atom stereocenters. The summed E-state index contributed by atoms with van der Waals surface area (Å²) in [6.07, 6.45) is 0. The molecule has 0 heterocycles. The minimum Gasteiger partial charge on any atom is -0.497 e. The lowest BCUT2D eigenvalue weighted by Gasteiger charge is -2.12. The highest BCUT2D eigenvalue weighted by atomic mass is 35.5. The van der Waals surface area contributed by atoms with Crippen molar-refractivity contribution < 1.29 is 19.0 Å². The van der Waals surface area contributed by atoms with Crippen LogP contribution in [0.3, 0.4) is 0 Å². The van der Waals surface area contributed by atoms with Crippen LogP contribution >= 0.6 is 11.6 Å². The summed E-state index contributed by atoms with van der Waals surface area (Å²) in [5.74, 6) is 1.31. The van der Waals surface area contributed by atoms with Crippen molar-refractivity contribution in [3.63, 3.8) is 0 Å². The Hall–Kier alpha value is -2.40. The van der Waals surface area contributed by atoms with Crippen molar-refractivity contribution in [3.8, 4) is 17.2 Å². The second-order valence-corrected chi connectivity index (χ2v) is 5.24. The van der Waals surface area contributed by atoms with Gasteiger partial charge in [0.1, 0.15) is 17.2 Å². The third-order valence-corrected chi connectivity index (χ3v) is 3.44. The van der Waals surface area contributed by atoms with Crippen LogP contribution in [0.2, 0.25) is 5.02 Å². The third kappa shape index (κ3) is 4.53. The van der Waals surface area contributed by atoms with Gasteiger partial charge in [0, 0.05) is 6.07 Å². The lowest BCUT2D eigenvalue weighted by molar-refractivity contribution is -0.118. The zero-order chi connectivity index (χ0) is 16.8. The molecule has 0 fully saturated rings. The largest absolute Gasteiger partial charge is 0.497 e. The van der Waals surface area contributed by atoms with Crippen molar-refractivity contribution in [2.75, 3.05) is 26.1 Å². The van der Waals surface area contributed by atoms with Gasteiger partial charge in [-0.1, -0.05) is 17.7 Å². The van der Waals surface area contributed by atoms with Crippen LogP contribution in [0.4, 0.5) is 5.69 Å². The number of carbonyl (C=O) groups excluding carboxylic acids is 1.